The summed E-state index contributed by atoms with van der Waals surface area (Å²) in [6, 6.07) is 7.43. The van der Waals surface area contributed by atoms with Gasteiger partial charge in [-0.1, -0.05) is 39.0 Å². The molecule has 1 aromatic carbocycles. The molecule has 3 heteroatoms. The number of hydrogen-bond acceptors (Lipinski definition) is 2. The predicted molar refractivity (Wildman–Crippen MR) is 66.1 cm³/mol. The third kappa shape index (κ3) is 4.03. The maximum Gasteiger partial charge on any atom is 0.249 e. The molecule has 3 N–H and O–H groups in total. The summed E-state index contributed by atoms with van der Waals surface area (Å²) in [5.41, 5.74) is 7.10. The number of nitrogens with one attached hydrogen (secondary N) is 1. The van der Waals surface area contributed by atoms with Crippen LogP contribution >= 0.6 is 0 Å². The van der Waals surface area contributed by atoms with Crippen molar-refractivity contribution in [1.82, 2.24) is 5.32 Å². The smallest absolute Gasteiger partial charge is 0.249 e. The maximum atomic E-state index is 11.2. The lowest BCUT2D eigenvalue weighted by atomic mass is 9.97. The highest BCUT2D eigenvalue weighted by atomic mass is 16.1. The molecule has 0 atom stereocenters. The molecule has 0 fully saturated rings. The largest absolute Gasteiger partial charge is 0.366 e. The van der Waals surface area contributed by atoms with E-state index in [1.54, 1.807) is 6.07 Å². The van der Waals surface area contributed by atoms with E-state index in [0.717, 1.165) is 12.1 Å². The number of nitrogens with two attached hydrogens (primary N) is 1. The first kappa shape index (κ1) is 12.7. The second-order valence-electron chi connectivity index (χ2n) is 5.19. The molecule has 0 aromatic heterocycles. The molecule has 0 bridgehead atoms. The van der Waals surface area contributed by atoms with Crippen LogP contribution in [0.15, 0.2) is 24.3 Å². The second-order valence-corrected chi connectivity index (χ2v) is 5.19. The van der Waals surface area contributed by atoms with Gasteiger partial charge in [-0.3, -0.25) is 4.79 Å². The molecule has 1 rings (SSSR count). The third-order valence-corrected chi connectivity index (χ3v) is 2.25. The number of rotatable bonds is 4. The molecule has 88 valence electrons. The Labute approximate surface area is 97.0 Å². The van der Waals surface area contributed by atoms with Gasteiger partial charge < -0.3 is 11.1 Å². The third-order valence-electron chi connectivity index (χ3n) is 2.25. The lowest BCUT2D eigenvalue weighted by Crippen LogP contribution is -2.27. The Hall–Kier alpha value is -1.35. The Morgan fingerprint density at radius 2 is 1.94 bits per heavy atom. The molecule has 0 heterocycles. The van der Waals surface area contributed by atoms with Crippen molar-refractivity contribution in [3.8, 4) is 0 Å². The van der Waals surface area contributed by atoms with Gasteiger partial charge in [-0.25, -0.2) is 0 Å². The van der Waals surface area contributed by atoms with Gasteiger partial charge in [0.25, 0.3) is 0 Å². The van der Waals surface area contributed by atoms with E-state index in [1.807, 2.05) is 18.2 Å². The van der Waals surface area contributed by atoms with E-state index in [0.29, 0.717) is 12.1 Å². The Morgan fingerprint density at radius 3 is 2.50 bits per heavy atom. The summed E-state index contributed by atoms with van der Waals surface area (Å²) < 4.78 is 0. The van der Waals surface area contributed by atoms with Crippen molar-refractivity contribution < 1.29 is 4.79 Å². The number of benzene rings is 1. The molecule has 0 aliphatic carbocycles. The van der Waals surface area contributed by atoms with Crippen LogP contribution in [0.3, 0.4) is 0 Å². The van der Waals surface area contributed by atoms with E-state index in [-0.39, 0.29) is 11.3 Å². The molecular formula is C13H20N2O. The lowest BCUT2D eigenvalue weighted by molar-refractivity contribution is 0.0999. The molecule has 1 amide bonds. The van der Waals surface area contributed by atoms with Gasteiger partial charge in [0.15, 0.2) is 0 Å². The van der Waals surface area contributed by atoms with Crippen molar-refractivity contribution >= 4 is 5.91 Å². The van der Waals surface area contributed by atoms with Crippen molar-refractivity contribution in [2.24, 2.45) is 11.1 Å². The van der Waals surface area contributed by atoms with Gasteiger partial charge in [0, 0.05) is 18.7 Å². The van der Waals surface area contributed by atoms with Crippen LogP contribution in [-0.4, -0.2) is 12.5 Å². The molecule has 16 heavy (non-hydrogen) atoms. The monoisotopic (exact) mass is 220 g/mol. The molecule has 0 unspecified atom stereocenters. The van der Waals surface area contributed by atoms with Crippen molar-refractivity contribution in [3.05, 3.63) is 35.4 Å². The van der Waals surface area contributed by atoms with Crippen LogP contribution in [0.5, 0.6) is 0 Å². The quantitative estimate of drug-likeness (QED) is 0.814. The van der Waals surface area contributed by atoms with Crippen LogP contribution in [0.25, 0.3) is 0 Å². The SMILES string of the molecule is CC(C)(C)CNCc1ccccc1C(N)=O. The van der Waals surface area contributed by atoms with Crippen LogP contribution < -0.4 is 11.1 Å². The lowest BCUT2D eigenvalue weighted by Gasteiger charge is -2.19. The number of primary amides is 1. The zero-order valence-electron chi connectivity index (χ0n) is 10.2. The number of carbonyl (C=O) groups excluding carboxylic acids is 1. The minimum Gasteiger partial charge on any atom is -0.366 e. The fraction of sp³-hybridized carbons (Fsp3) is 0.462. The minimum atomic E-state index is -0.367. The van der Waals surface area contributed by atoms with E-state index in [1.165, 1.54) is 0 Å². The summed E-state index contributed by atoms with van der Waals surface area (Å²) >= 11 is 0. The summed E-state index contributed by atoms with van der Waals surface area (Å²) in [5, 5.41) is 3.33. The van der Waals surface area contributed by atoms with E-state index in [9.17, 15) is 4.79 Å². The van der Waals surface area contributed by atoms with Crippen LogP contribution in [0.4, 0.5) is 0 Å². The van der Waals surface area contributed by atoms with E-state index in [4.69, 9.17) is 5.73 Å². The first-order valence-electron chi connectivity index (χ1n) is 5.48. The molecule has 3 nitrogen and oxygen atoms in total. The number of hydrogen-bond donors (Lipinski definition) is 2. The molecule has 0 spiro atoms. The summed E-state index contributed by atoms with van der Waals surface area (Å²) in [6.45, 7) is 8.08. The molecule has 0 saturated heterocycles. The van der Waals surface area contributed by atoms with Gasteiger partial charge in [0.1, 0.15) is 0 Å². The van der Waals surface area contributed by atoms with Crippen molar-refractivity contribution in [3.63, 3.8) is 0 Å². The molecule has 1 aromatic rings. The summed E-state index contributed by atoms with van der Waals surface area (Å²) in [6.07, 6.45) is 0. The molecule has 0 aliphatic heterocycles. The minimum absolute atomic E-state index is 0.238. The first-order valence-corrected chi connectivity index (χ1v) is 5.48. The maximum absolute atomic E-state index is 11.2. The summed E-state index contributed by atoms with van der Waals surface area (Å²) in [5.74, 6) is -0.367. The van der Waals surface area contributed by atoms with Crippen LogP contribution in [0, 0.1) is 5.41 Å². The van der Waals surface area contributed by atoms with Crippen LogP contribution in [-0.2, 0) is 6.54 Å². The predicted octanol–water partition coefficient (Wildman–Crippen LogP) is 1.92. The van der Waals surface area contributed by atoms with Crippen molar-refractivity contribution in [2.75, 3.05) is 6.54 Å². The fourth-order valence-corrected chi connectivity index (χ4v) is 1.49. The van der Waals surface area contributed by atoms with Gasteiger partial charge in [0.05, 0.1) is 0 Å². The average molecular weight is 220 g/mol. The van der Waals surface area contributed by atoms with Gasteiger partial charge >= 0.3 is 0 Å². The number of amides is 1. The fourth-order valence-electron chi connectivity index (χ4n) is 1.49. The number of carbonyl (C=O) groups is 1. The summed E-state index contributed by atoms with van der Waals surface area (Å²) in [7, 11) is 0. The van der Waals surface area contributed by atoms with Crippen molar-refractivity contribution in [2.45, 2.75) is 27.3 Å². The van der Waals surface area contributed by atoms with Gasteiger partial charge in [-0.15, -0.1) is 0 Å². The van der Waals surface area contributed by atoms with Gasteiger partial charge in [-0.2, -0.15) is 0 Å². The standard InChI is InChI=1S/C13H20N2O/c1-13(2,3)9-15-8-10-6-4-5-7-11(10)12(14)16/h4-7,15H,8-9H2,1-3H3,(H2,14,16). The normalized spacial score (nSPS) is 11.4. The van der Waals surface area contributed by atoms with Crippen molar-refractivity contribution in [1.29, 1.82) is 0 Å². The molecule has 0 aliphatic rings. The highest BCUT2D eigenvalue weighted by molar-refractivity contribution is 5.94. The molecule has 0 saturated carbocycles. The Morgan fingerprint density at radius 1 is 1.31 bits per heavy atom. The van der Waals surface area contributed by atoms with Gasteiger partial charge in [-0.05, 0) is 17.0 Å². The topological polar surface area (TPSA) is 55.1 Å². The van der Waals surface area contributed by atoms with E-state index in [2.05, 4.69) is 26.1 Å². The highest BCUT2D eigenvalue weighted by Crippen LogP contribution is 2.12. The zero-order valence-corrected chi connectivity index (χ0v) is 10.2. The molecule has 0 radical (unpaired) electrons. The van der Waals surface area contributed by atoms with E-state index < -0.39 is 0 Å². The Balaban J connectivity index is 2.64. The first-order chi connectivity index (χ1) is 7.40. The zero-order chi connectivity index (χ0) is 12.2. The second kappa shape index (κ2) is 5.12. The Kier molecular flexibility index (Phi) is 4.07. The van der Waals surface area contributed by atoms with Crippen LogP contribution in [0.1, 0.15) is 36.7 Å². The summed E-state index contributed by atoms with van der Waals surface area (Å²) in [4.78, 5) is 11.2. The van der Waals surface area contributed by atoms with E-state index >= 15 is 0 Å². The van der Waals surface area contributed by atoms with Crippen LogP contribution in [0.2, 0.25) is 0 Å². The Bertz CT molecular complexity index is 366. The average Bonchev–Trinajstić information content (AvgIpc) is 2.16. The molecular weight excluding hydrogens is 200 g/mol. The highest BCUT2D eigenvalue weighted by Gasteiger charge is 2.10. The van der Waals surface area contributed by atoms with Gasteiger partial charge in [0.2, 0.25) is 5.91 Å².